The third kappa shape index (κ3) is 11.3. The molecule has 0 atom stereocenters. The first-order valence-electron chi connectivity index (χ1n) is 7.35. The Hall–Kier alpha value is 0.128. The molecule has 0 N–H and O–H groups in total. The van der Waals surface area contributed by atoms with E-state index < -0.39 is 16.5 Å². The Morgan fingerprint density at radius 3 is 1.30 bits per heavy atom. The van der Waals surface area contributed by atoms with E-state index in [9.17, 15) is 9.59 Å². The number of hydrogen-bond acceptors (Lipinski definition) is 4. The Labute approximate surface area is 154 Å². The van der Waals surface area contributed by atoms with E-state index in [1.807, 2.05) is 0 Å². The van der Waals surface area contributed by atoms with Crippen molar-refractivity contribution < 1.29 is 35.5 Å². The number of esters is 2. The van der Waals surface area contributed by atoms with E-state index in [1.54, 1.807) is 0 Å². The molecule has 2 heterocycles. The average molecular weight is 550 g/mol. The van der Waals surface area contributed by atoms with E-state index in [0.29, 0.717) is 0 Å². The zero-order valence-corrected chi connectivity index (χ0v) is 17.2. The Morgan fingerprint density at radius 2 is 1.09 bits per heavy atom. The van der Waals surface area contributed by atoms with Crippen molar-refractivity contribution in [3.8, 4) is 0 Å². The van der Waals surface area contributed by atoms with Gasteiger partial charge in [0.25, 0.3) is 0 Å². The van der Waals surface area contributed by atoms with Crippen LogP contribution in [0.2, 0.25) is 0 Å². The monoisotopic (exact) mass is 549 g/mol. The summed E-state index contributed by atoms with van der Waals surface area (Å²) < 4.78 is 9.22. The summed E-state index contributed by atoms with van der Waals surface area (Å²) in [7, 11) is 12.6. The summed E-state index contributed by atoms with van der Waals surface area (Å²) >= 11 is -0.472. The topological polar surface area (TPSA) is 80.8 Å². The molecule has 2 fully saturated rings. The van der Waals surface area contributed by atoms with Gasteiger partial charge in [-0.2, -0.15) is 0 Å². The fourth-order valence-electron chi connectivity index (χ4n) is 2.31. The van der Waals surface area contributed by atoms with Crippen LogP contribution in [0.25, 0.3) is 10.6 Å². The summed E-state index contributed by atoms with van der Waals surface area (Å²) in [5.41, 5.74) is 0. The molecule has 2 rings (SSSR count). The van der Waals surface area contributed by atoms with E-state index in [-0.39, 0.29) is 23.8 Å². The van der Waals surface area contributed by atoms with Crippen LogP contribution in [0.1, 0.15) is 25.7 Å². The first kappa shape index (κ1) is 23.1. The van der Waals surface area contributed by atoms with Crippen molar-refractivity contribution in [3.63, 3.8) is 0 Å². The summed E-state index contributed by atoms with van der Waals surface area (Å²) in [6.07, 6.45) is 3.47. The normalized spacial score (nSPS) is 18.8. The van der Waals surface area contributed by atoms with Crippen molar-refractivity contribution in [2.45, 2.75) is 25.7 Å². The molecule has 0 saturated carbocycles. The van der Waals surface area contributed by atoms with Gasteiger partial charge in [0.05, 0.1) is 26.1 Å². The van der Waals surface area contributed by atoms with E-state index in [1.165, 1.54) is 14.2 Å². The SMILES string of the molecule is COC(=O)C1CC[N-]CC1.COC(=O)C1CC[N-]CC1.[Cl][Pt+2][Cl]. The molecule has 0 aromatic rings. The maximum absolute atomic E-state index is 10.9. The molecule has 0 bridgehead atoms. The maximum atomic E-state index is 10.9. The molecular weight excluding hydrogens is 526 g/mol. The molecule has 2 saturated heterocycles. The molecule has 0 spiro atoms. The minimum atomic E-state index is -0.472. The second kappa shape index (κ2) is 15.6. The Bertz CT molecular complexity index is 296. The van der Waals surface area contributed by atoms with Crippen LogP contribution < -0.4 is 0 Å². The van der Waals surface area contributed by atoms with Gasteiger partial charge in [0.2, 0.25) is 0 Å². The van der Waals surface area contributed by atoms with Crippen LogP contribution in [0.4, 0.5) is 0 Å². The number of nitrogens with zero attached hydrogens (tertiary/aromatic N) is 2. The van der Waals surface area contributed by atoms with E-state index in [0.717, 1.165) is 51.9 Å². The number of methoxy groups -OCH3 is 2. The Morgan fingerprint density at radius 1 is 0.826 bits per heavy atom. The van der Waals surface area contributed by atoms with Crippen molar-refractivity contribution in [2.24, 2.45) is 11.8 Å². The predicted molar refractivity (Wildman–Crippen MR) is 87.4 cm³/mol. The van der Waals surface area contributed by atoms with Crippen molar-refractivity contribution in [1.82, 2.24) is 0 Å². The first-order chi connectivity index (χ1) is 11.1. The molecule has 23 heavy (non-hydrogen) atoms. The van der Waals surface area contributed by atoms with Gasteiger partial charge in [0, 0.05) is 0 Å². The van der Waals surface area contributed by atoms with Gasteiger partial charge in [0.15, 0.2) is 0 Å². The van der Waals surface area contributed by atoms with Gasteiger partial charge in [-0.05, 0) is 0 Å². The average Bonchev–Trinajstić information content (AvgIpc) is 2.63. The van der Waals surface area contributed by atoms with E-state index in [4.69, 9.17) is 18.8 Å². The molecule has 0 aromatic carbocycles. The zero-order valence-electron chi connectivity index (χ0n) is 13.4. The molecule has 0 aromatic heterocycles. The van der Waals surface area contributed by atoms with Gasteiger partial charge >= 0.3 is 47.3 Å². The van der Waals surface area contributed by atoms with Crippen LogP contribution in [0.15, 0.2) is 0 Å². The molecule has 0 aliphatic carbocycles. The fourth-order valence-corrected chi connectivity index (χ4v) is 2.31. The zero-order chi connectivity index (χ0) is 17.5. The van der Waals surface area contributed by atoms with Crippen molar-refractivity contribution in [1.29, 1.82) is 0 Å². The summed E-state index contributed by atoms with van der Waals surface area (Å²) in [4.78, 5) is 21.8. The Balaban J connectivity index is 0.000000360. The number of piperidine rings is 2. The quantitative estimate of drug-likeness (QED) is 0.495. The molecule has 9 heteroatoms. The number of rotatable bonds is 2. The summed E-state index contributed by atoms with van der Waals surface area (Å²) in [6, 6.07) is 0. The van der Waals surface area contributed by atoms with Crippen LogP contribution in [0.5, 0.6) is 0 Å². The van der Waals surface area contributed by atoms with Gasteiger partial charge in [-0.1, -0.05) is 25.7 Å². The van der Waals surface area contributed by atoms with Crippen molar-refractivity contribution in [3.05, 3.63) is 10.6 Å². The van der Waals surface area contributed by atoms with Crippen LogP contribution in [0.3, 0.4) is 0 Å². The van der Waals surface area contributed by atoms with Gasteiger partial charge in [-0.25, -0.2) is 0 Å². The summed E-state index contributed by atoms with van der Waals surface area (Å²) in [5.74, 6) is 0.0785. The molecule has 0 radical (unpaired) electrons. The van der Waals surface area contributed by atoms with Crippen molar-refractivity contribution in [2.75, 3.05) is 40.4 Å². The molecule has 0 amide bonds. The molecule has 138 valence electrons. The van der Waals surface area contributed by atoms with Gasteiger partial charge in [-0.15, -0.1) is 26.2 Å². The number of hydrogen-bond donors (Lipinski definition) is 0. The Kier molecular flexibility index (Phi) is 15.7. The minimum absolute atomic E-state index is 0.0742. The fraction of sp³-hybridized carbons (Fsp3) is 0.857. The van der Waals surface area contributed by atoms with E-state index in [2.05, 4.69) is 20.1 Å². The van der Waals surface area contributed by atoms with Crippen LogP contribution >= 0.6 is 18.8 Å². The number of carbonyl (C=O) groups excluding carboxylic acids is 2. The summed E-state index contributed by atoms with van der Waals surface area (Å²) in [6.45, 7) is 3.28. The van der Waals surface area contributed by atoms with Gasteiger partial charge < -0.3 is 20.1 Å². The third-order valence-electron chi connectivity index (χ3n) is 3.61. The first-order valence-corrected chi connectivity index (χ1v) is 13.0. The van der Waals surface area contributed by atoms with Crippen molar-refractivity contribution >= 4 is 30.8 Å². The van der Waals surface area contributed by atoms with E-state index >= 15 is 0 Å². The van der Waals surface area contributed by atoms with Crippen LogP contribution in [-0.2, 0) is 35.5 Å². The molecule has 2 aliphatic rings. The number of halogens is 2. The molecule has 2 aliphatic heterocycles. The third-order valence-corrected chi connectivity index (χ3v) is 3.61. The number of ether oxygens (including phenoxy) is 2. The molecule has 0 unspecified atom stereocenters. The second-order valence-corrected chi connectivity index (χ2v) is 8.26. The second-order valence-electron chi connectivity index (χ2n) is 4.98. The van der Waals surface area contributed by atoms with Crippen LogP contribution in [0, 0.1) is 11.8 Å². The predicted octanol–water partition coefficient (Wildman–Crippen LogP) is 3.26. The summed E-state index contributed by atoms with van der Waals surface area (Å²) in [5, 5.41) is 8.27. The van der Waals surface area contributed by atoms with Gasteiger partial charge in [-0.3, -0.25) is 9.59 Å². The number of carbonyl (C=O) groups is 2. The van der Waals surface area contributed by atoms with Crippen LogP contribution in [-0.4, -0.2) is 52.3 Å². The molecular formula is C14H24Cl2N2O4Pt. The molecule has 6 nitrogen and oxygen atoms in total. The standard InChI is InChI=1S/2C7H12NO2.2ClH.Pt/c2*1-10-7(9)6-2-4-8-5-3-6;;;/h2*6H,2-5H2,1H3;2*1H;/q2*-1;;;+4/p-2. The van der Waals surface area contributed by atoms with Gasteiger partial charge in [0.1, 0.15) is 0 Å².